The van der Waals surface area contributed by atoms with Gasteiger partial charge in [0.15, 0.2) is 0 Å². The van der Waals surface area contributed by atoms with Gasteiger partial charge in [0.2, 0.25) is 5.91 Å². The summed E-state index contributed by atoms with van der Waals surface area (Å²) in [6.45, 7) is -0.0574. The Labute approximate surface area is 148 Å². The maximum Gasteiger partial charge on any atom is 0.327 e. The molecule has 0 spiro atoms. The standard InChI is InChI=1S/C19H25N3O3/c1-25-18(24)17(15-9-5-4-6-10-15)21-13-16(23)22-19(14-20)11-7-2-3-8-12-19/h4-6,9-10,17,21H,2-3,7-8,11-13H2,1H3,(H,22,23). The minimum atomic E-state index is -0.789. The Morgan fingerprint density at radius 3 is 2.40 bits per heavy atom. The van der Waals surface area contributed by atoms with Crippen molar-refractivity contribution in [3.63, 3.8) is 0 Å². The Morgan fingerprint density at radius 1 is 1.20 bits per heavy atom. The van der Waals surface area contributed by atoms with Crippen molar-refractivity contribution in [1.82, 2.24) is 10.6 Å². The van der Waals surface area contributed by atoms with Gasteiger partial charge in [-0.05, 0) is 18.4 Å². The second-order valence-electron chi connectivity index (χ2n) is 6.40. The van der Waals surface area contributed by atoms with Crippen LogP contribution in [0.5, 0.6) is 0 Å². The maximum absolute atomic E-state index is 12.4. The normalized spacial score (nSPS) is 17.6. The van der Waals surface area contributed by atoms with E-state index in [0.717, 1.165) is 31.2 Å². The molecule has 2 rings (SSSR count). The highest BCUT2D eigenvalue weighted by molar-refractivity contribution is 5.82. The van der Waals surface area contributed by atoms with Crippen LogP contribution in [0.3, 0.4) is 0 Å². The van der Waals surface area contributed by atoms with E-state index in [1.165, 1.54) is 7.11 Å². The van der Waals surface area contributed by atoms with Gasteiger partial charge in [-0.15, -0.1) is 0 Å². The van der Waals surface area contributed by atoms with Crippen molar-refractivity contribution < 1.29 is 14.3 Å². The summed E-state index contributed by atoms with van der Waals surface area (Å²) in [7, 11) is 1.32. The highest BCUT2D eigenvalue weighted by Crippen LogP contribution is 2.26. The number of carbonyl (C=O) groups excluding carboxylic acids is 2. The van der Waals surface area contributed by atoms with E-state index in [1.807, 2.05) is 18.2 Å². The SMILES string of the molecule is COC(=O)C(NCC(=O)NC1(C#N)CCCCCC1)c1ccccc1. The molecule has 6 nitrogen and oxygen atoms in total. The highest BCUT2D eigenvalue weighted by atomic mass is 16.5. The monoisotopic (exact) mass is 343 g/mol. The van der Waals surface area contributed by atoms with Crippen molar-refractivity contribution in [1.29, 1.82) is 5.26 Å². The first-order chi connectivity index (χ1) is 12.1. The Morgan fingerprint density at radius 2 is 1.84 bits per heavy atom. The van der Waals surface area contributed by atoms with Gasteiger partial charge in [-0.3, -0.25) is 10.1 Å². The molecule has 2 N–H and O–H groups in total. The highest BCUT2D eigenvalue weighted by Gasteiger charge is 2.32. The fraction of sp³-hybridized carbons (Fsp3) is 0.526. The van der Waals surface area contributed by atoms with E-state index in [2.05, 4.69) is 16.7 Å². The molecule has 0 heterocycles. The fourth-order valence-corrected chi connectivity index (χ4v) is 3.20. The number of nitrogens with zero attached hydrogens (tertiary/aromatic N) is 1. The van der Waals surface area contributed by atoms with Gasteiger partial charge in [-0.2, -0.15) is 5.26 Å². The molecule has 0 radical (unpaired) electrons. The van der Waals surface area contributed by atoms with Crippen molar-refractivity contribution >= 4 is 11.9 Å². The maximum atomic E-state index is 12.4. The van der Waals surface area contributed by atoms with Gasteiger partial charge < -0.3 is 10.1 Å². The van der Waals surface area contributed by atoms with Crippen LogP contribution >= 0.6 is 0 Å². The lowest BCUT2D eigenvalue weighted by molar-refractivity contribution is -0.143. The second-order valence-corrected chi connectivity index (χ2v) is 6.40. The third-order valence-corrected chi connectivity index (χ3v) is 4.59. The predicted molar refractivity (Wildman–Crippen MR) is 93.4 cm³/mol. The zero-order chi connectivity index (χ0) is 18.1. The molecule has 25 heavy (non-hydrogen) atoms. The molecule has 1 fully saturated rings. The predicted octanol–water partition coefficient (Wildman–Crippen LogP) is 2.22. The molecular formula is C19H25N3O3. The lowest BCUT2D eigenvalue weighted by Gasteiger charge is -2.27. The van der Waals surface area contributed by atoms with E-state index in [1.54, 1.807) is 12.1 Å². The summed E-state index contributed by atoms with van der Waals surface area (Å²) in [6, 6.07) is 10.7. The molecule has 1 aliphatic carbocycles. The summed E-state index contributed by atoms with van der Waals surface area (Å²) < 4.78 is 4.82. The summed E-state index contributed by atoms with van der Waals surface area (Å²) in [4.78, 5) is 24.4. The number of amides is 1. The Bertz CT molecular complexity index is 617. The van der Waals surface area contributed by atoms with E-state index < -0.39 is 17.6 Å². The summed E-state index contributed by atoms with van der Waals surface area (Å²) in [6.07, 6.45) is 5.42. The third kappa shape index (κ3) is 5.30. The summed E-state index contributed by atoms with van der Waals surface area (Å²) in [5.41, 5.74) is -0.0606. The molecule has 0 bridgehead atoms. The Balaban J connectivity index is 1.98. The smallest absolute Gasteiger partial charge is 0.327 e. The molecule has 1 aliphatic rings. The van der Waals surface area contributed by atoms with Crippen LogP contribution in [0.15, 0.2) is 30.3 Å². The molecule has 1 aromatic rings. The molecule has 0 saturated heterocycles. The van der Waals surface area contributed by atoms with Crippen LogP contribution in [0.25, 0.3) is 0 Å². The topological polar surface area (TPSA) is 91.2 Å². The minimum Gasteiger partial charge on any atom is -0.468 e. The summed E-state index contributed by atoms with van der Waals surface area (Å²) in [5.74, 6) is -0.739. The molecule has 1 unspecified atom stereocenters. The molecule has 6 heteroatoms. The first-order valence-corrected chi connectivity index (χ1v) is 8.69. The molecule has 134 valence electrons. The first-order valence-electron chi connectivity index (χ1n) is 8.69. The molecule has 0 aliphatic heterocycles. The lowest BCUT2D eigenvalue weighted by atomic mass is 9.92. The van der Waals surface area contributed by atoms with Gasteiger partial charge in [-0.25, -0.2) is 4.79 Å². The van der Waals surface area contributed by atoms with Crippen molar-refractivity contribution in [2.75, 3.05) is 13.7 Å². The number of nitrogens with one attached hydrogen (secondary N) is 2. The van der Waals surface area contributed by atoms with Gasteiger partial charge in [-0.1, -0.05) is 56.0 Å². The van der Waals surface area contributed by atoms with Crippen molar-refractivity contribution in [2.45, 2.75) is 50.1 Å². The van der Waals surface area contributed by atoms with E-state index in [0.29, 0.717) is 12.8 Å². The number of nitriles is 1. The number of rotatable bonds is 6. The van der Waals surface area contributed by atoms with Crippen molar-refractivity contribution in [2.24, 2.45) is 0 Å². The second kappa shape index (κ2) is 9.19. The largest absolute Gasteiger partial charge is 0.468 e. The quantitative estimate of drug-likeness (QED) is 0.610. The number of carbonyl (C=O) groups is 2. The Kier molecular flexibility index (Phi) is 6.96. The van der Waals surface area contributed by atoms with Crippen LogP contribution in [0.2, 0.25) is 0 Å². The Hall–Kier alpha value is -2.39. The average Bonchev–Trinajstić information content (AvgIpc) is 2.88. The number of hydrogen-bond acceptors (Lipinski definition) is 5. The summed E-state index contributed by atoms with van der Waals surface area (Å²) in [5, 5.41) is 15.3. The van der Waals surface area contributed by atoms with E-state index in [9.17, 15) is 14.9 Å². The van der Waals surface area contributed by atoms with E-state index >= 15 is 0 Å². The molecule has 1 atom stereocenters. The number of hydrogen-bond donors (Lipinski definition) is 2. The van der Waals surface area contributed by atoms with Gasteiger partial charge in [0, 0.05) is 0 Å². The molecule has 1 amide bonds. The molecule has 1 saturated carbocycles. The van der Waals surface area contributed by atoms with Crippen LogP contribution in [0.1, 0.15) is 50.1 Å². The van der Waals surface area contributed by atoms with Gasteiger partial charge in [0.05, 0.1) is 19.7 Å². The van der Waals surface area contributed by atoms with Crippen LogP contribution in [-0.4, -0.2) is 31.1 Å². The van der Waals surface area contributed by atoms with Gasteiger partial charge >= 0.3 is 5.97 Å². The zero-order valence-electron chi connectivity index (χ0n) is 14.6. The van der Waals surface area contributed by atoms with Crippen LogP contribution in [0, 0.1) is 11.3 Å². The van der Waals surface area contributed by atoms with E-state index in [4.69, 9.17) is 4.74 Å². The van der Waals surface area contributed by atoms with Crippen molar-refractivity contribution in [3.05, 3.63) is 35.9 Å². The number of benzene rings is 1. The number of esters is 1. The third-order valence-electron chi connectivity index (χ3n) is 4.59. The number of ether oxygens (including phenoxy) is 1. The minimum absolute atomic E-state index is 0.0574. The number of methoxy groups -OCH3 is 1. The summed E-state index contributed by atoms with van der Waals surface area (Å²) >= 11 is 0. The molecular weight excluding hydrogens is 318 g/mol. The zero-order valence-corrected chi connectivity index (χ0v) is 14.6. The van der Waals surface area contributed by atoms with Crippen LogP contribution in [0.4, 0.5) is 0 Å². The van der Waals surface area contributed by atoms with Crippen LogP contribution < -0.4 is 10.6 Å². The average molecular weight is 343 g/mol. The molecule has 0 aromatic heterocycles. The first kappa shape index (κ1) is 18.9. The lowest BCUT2D eigenvalue weighted by Crippen LogP contribution is -2.50. The van der Waals surface area contributed by atoms with E-state index in [-0.39, 0.29) is 12.5 Å². The van der Waals surface area contributed by atoms with Crippen LogP contribution in [-0.2, 0) is 14.3 Å². The molecule has 1 aromatic carbocycles. The van der Waals surface area contributed by atoms with Gasteiger partial charge in [0.1, 0.15) is 11.6 Å². The van der Waals surface area contributed by atoms with Gasteiger partial charge in [0.25, 0.3) is 0 Å². The fourth-order valence-electron chi connectivity index (χ4n) is 3.20. The van der Waals surface area contributed by atoms with Crippen molar-refractivity contribution in [3.8, 4) is 6.07 Å².